The lowest BCUT2D eigenvalue weighted by molar-refractivity contribution is -0.117. The summed E-state index contributed by atoms with van der Waals surface area (Å²) in [5.41, 5.74) is 6.94. The average Bonchev–Trinajstić information content (AvgIpc) is 2.29. The van der Waals surface area contributed by atoms with Gasteiger partial charge in [0, 0.05) is 17.9 Å². The van der Waals surface area contributed by atoms with Gasteiger partial charge in [-0.15, -0.1) is 0 Å². The molecule has 17 heavy (non-hydrogen) atoms. The van der Waals surface area contributed by atoms with Crippen LogP contribution in [0, 0.1) is 0 Å². The monoisotopic (exact) mass is 252 g/mol. The second-order valence-electron chi connectivity index (χ2n) is 3.44. The van der Waals surface area contributed by atoms with Gasteiger partial charge in [-0.05, 0) is 19.1 Å². The van der Waals surface area contributed by atoms with Crippen molar-refractivity contribution in [1.82, 2.24) is 0 Å². The first-order valence-electron chi connectivity index (χ1n) is 5.41. The number of carbonyl (C=O) groups is 1. The van der Waals surface area contributed by atoms with E-state index in [1.165, 1.54) is 0 Å². The third-order valence-corrected chi connectivity index (χ3v) is 2.34. The van der Waals surface area contributed by atoms with Crippen molar-refractivity contribution in [2.75, 3.05) is 18.5 Å². The van der Waals surface area contributed by atoms with Crippen LogP contribution in [0.25, 0.3) is 0 Å². The Bertz CT molecular complexity index is 407. The molecule has 0 saturated carbocycles. The highest BCUT2D eigenvalue weighted by Gasteiger charge is 2.03. The normalized spacial score (nSPS) is 9.94. The fourth-order valence-electron chi connectivity index (χ4n) is 1.28. The second kappa shape index (κ2) is 6.98. The van der Waals surface area contributed by atoms with Crippen molar-refractivity contribution in [3.63, 3.8) is 0 Å². The number of nitrogens with one attached hydrogen (secondary N) is 1. The van der Waals surface area contributed by atoms with Crippen LogP contribution in [0.5, 0.6) is 0 Å². The molecule has 0 unspecified atom stereocenters. The predicted molar refractivity (Wildman–Crippen MR) is 72.1 cm³/mol. The maximum Gasteiger partial charge on any atom is 0.226 e. The third kappa shape index (κ3) is 4.93. The SMILES string of the molecule is CCOCCC(=O)Nc1cccc(C(N)=S)c1. The van der Waals surface area contributed by atoms with Crippen LogP contribution in [0.3, 0.4) is 0 Å². The first-order chi connectivity index (χ1) is 8.13. The second-order valence-corrected chi connectivity index (χ2v) is 3.88. The quantitative estimate of drug-likeness (QED) is 0.597. The summed E-state index contributed by atoms with van der Waals surface area (Å²) < 4.78 is 5.10. The van der Waals surface area contributed by atoms with Gasteiger partial charge in [0.1, 0.15) is 4.99 Å². The van der Waals surface area contributed by atoms with Crippen LogP contribution in [0.2, 0.25) is 0 Å². The molecule has 0 aliphatic carbocycles. The van der Waals surface area contributed by atoms with Gasteiger partial charge >= 0.3 is 0 Å². The third-order valence-electron chi connectivity index (χ3n) is 2.11. The highest BCUT2D eigenvalue weighted by atomic mass is 32.1. The summed E-state index contributed by atoms with van der Waals surface area (Å²) in [5, 5.41) is 2.76. The van der Waals surface area contributed by atoms with Crippen LogP contribution in [0.15, 0.2) is 24.3 Å². The zero-order valence-electron chi connectivity index (χ0n) is 9.73. The number of anilines is 1. The van der Waals surface area contributed by atoms with E-state index in [2.05, 4.69) is 5.32 Å². The Balaban J connectivity index is 2.53. The van der Waals surface area contributed by atoms with Crippen molar-refractivity contribution in [2.24, 2.45) is 5.73 Å². The predicted octanol–water partition coefficient (Wildman–Crippen LogP) is 1.69. The number of hydrogen-bond acceptors (Lipinski definition) is 3. The molecule has 0 atom stereocenters. The number of carbonyl (C=O) groups excluding carboxylic acids is 1. The lowest BCUT2D eigenvalue weighted by Crippen LogP contribution is -2.15. The molecule has 0 aromatic heterocycles. The van der Waals surface area contributed by atoms with E-state index in [9.17, 15) is 4.79 Å². The summed E-state index contributed by atoms with van der Waals surface area (Å²) in [5.74, 6) is -0.0847. The number of amides is 1. The number of thiocarbonyl (C=S) groups is 1. The maximum atomic E-state index is 11.5. The summed E-state index contributed by atoms with van der Waals surface area (Å²) in [4.78, 5) is 11.8. The largest absolute Gasteiger partial charge is 0.389 e. The van der Waals surface area contributed by atoms with Gasteiger partial charge in [0.25, 0.3) is 0 Å². The Kier molecular flexibility index (Phi) is 5.59. The standard InChI is InChI=1S/C12H16N2O2S/c1-2-16-7-6-11(15)14-10-5-3-4-9(8-10)12(13)17/h3-5,8H,2,6-7H2,1H3,(H2,13,17)(H,14,15). The van der Waals surface area contributed by atoms with E-state index >= 15 is 0 Å². The molecule has 4 nitrogen and oxygen atoms in total. The number of ether oxygens (including phenoxy) is 1. The zero-order chi connectivity index (χ0) is 12.7. The Labute approximate surface area is 106 Å². The van der Waals surface area contributed by atoms with Gasteiger partial charge in [-0.25, -0.2) is 0 Å². The Morgan fingerprint density at radius 2 is 2.29 bits per heavy atom. The smallest absolute Gasteiger partial charge is 0.226 e. The van der Waals surface area contributed by atoms with Gasteiger partial charge in [-0.2, -0.15) is 0 Å². The average molecular weight is 252 g/mol. The molecular formula is C12H16N2O2S. The first-order valence-corrected chi connectivity index (χ1v) is 5.81. The van der Waals surface area contributed by atoms with Crippen molar-refractivity contribution in [2.45, 2.75) is 13.3 Å². The molecule has 0 aliphatic rings. The first kappa shape index (κ1) is 13.6. The number of nitrogens with two attached hydrogens (primary N) is 1. The lowest BCUT2D eigenvalue weighted by Gasteiger charge is -2.06. The molecule has 1 aromatic rings. The van der Waals surface area contributed by atoms with E-state index in [1.54, 1.807) is 24.3 Å². The lowest BCUT2D eigenvalue weighted by atomic mass is 10.2. The summed E-state index contributed by atoms with van der Waals surface area (Å²) >= 11 is 4.87. The molecule has 0 spiro atoms. The topological polar surface area (TPSA) is 64.3 Å². The van der Waals surface area contributed by atoms with Gasteiger partial charge in [0.2, 0.25) is 5.91 Å². The molecule has 0 heterocycles. The maximum absolute atomic E-state index is 11.5. The molecule has 0 fully saturated rings. The molecule has 0 bridgehead atoms. The van der Waals surface area contributed by atoms with E-state index in [1.807, 2.05) is 6.92 Å². The van der Waals surface area contributed by atoms with Crippen molar-refractivity contribution >= 4 is 28.8 Å². The van der Waals surface area contributed by atoms with Crippen LogP contribution in [0.1, 0.15) is 18.9 Å². The zero-order valence-corrected chi connectivity index (χ0v) is 10.5. The molecular weight excluding hydrogens is 236 g/mol. The van der Waals surface area contributed by atoms with Gasteiger partial charge in [-0.1, -0.05) is 24.4 Å². The number of benzene rings is 1. The van der Waals surface area contributed by atoms with Crippen LogP contribution in [-0.2, 0) is 9.53 Å². The van der Waals surface area contributed by atoms with Crippen LogP contribution in [-0.4, -0.2) is 24.1 Å². The van der Waals surface area contributed by atoms with E-state index in [0.717, 1.165) is 5.56 Å². The highest BCUT2D eigenvalue weighted by Crippen LogP contribution is 2.10. The van der Waals surface area contributed by atoms with E-state index in [-0.39, 0.29) is 5.91 Å². The van der Waals surface area contributed by atoms with E-state index in [4.69, 9.17) is 22.7 Å². The fourth-order valence-corrected chi connectivity index (χ4v) is 1.41. The van der Waals surface area contributed by atoms with Crippen molar-refractivity contribution in [3.8, 4) is 0 Å². The number of rotatable bonds is 6. The minimum Gasteiger partial charge on any atom is -0.389 e. The summed E-state index contributed by atoms with van der Waals surface area (Å²) in [6.07, 6.45) is 0.338. The molecule has 1 rings (SSSR count). The van der Waals surface area contributed by atoms with Gasteiger partial charge < -0.3 is 15.8 Å². The summed E-state index contributed by atoms with van der Waals surface area (Å²) in [6, 6.07) is 7.14. The minimum absolute atomic E-state index is 0.0847. The number of hydrogen-bond donors (Lipinski definition) is 2. The molecule has 1 amide bonds. The van der Waals surface area contributed by atoms with Crippen molar-refractivity contribution < 1.29 is 9.53 Å². The van der Waals surface area contributed by atoms with Crippen LogP contribution >= 0.6 is 12.2 Å². The minimum atomic E-state index is -0.0847. The Hall–Kier alpha value is -1.46. The van der Waals surface area contributed by atoms with Crippen LogP contribution < -0.4 is 11.1 Å². The van der Waals surface area contributed by atoms with Gasteiger partial charge in [0.05, 0.1) is 13.0 Å². The van der Waals surface area contributed by atoms with Crippen LogP contribution in [0.4, 0.5) is 5.69 Å². The van der Waals surface area contributed by atoms with E-state index < -0.39 is 0 Å². The fraction of sp³-hybridized carbons (Fsp3) is 0.333. The van der Waals surface area contributed by atoms with E-state index in [0.29, 0.717) is 30.3 Å². The van der Waals surface area contributed by atoms with Crippen molar-refractivity contribution in [3.05, 3.63) is 29.8 Å². The van der Waals surface area contributed by atoms with Crippen molar-refractivity contribution in [1.29, 1.82) is 0 Å². The molecule has 1 aromatic carbocycles. The molecule has 0 radical (unpaired) electrons. The molecule has 0 saturated heterocycles. The highest BCUT2D eigenvalue weighted by molar-refractivity contribution is 7.80. The molecule has 5 heteroatoms. The molecule has 3 N–H and O–H groups in total. The molecule has 0 aliphatic heterocycles. The Morgan fingerprint density at radius 1 is 1.53 bits per heavy atom. The van der Waals surface area contributed by atoms with Gasteiger partial charge in [0.15, 0.2) is 0 Å². The molecule has 92 valence electrons. The summed E-state index contributed by atoms with van der Waals surface area (Å²) in [7, 11) is 0. The summed E-state index contributed by atoms with van der Waals surface area (Å²) in [6.45, 7) is 2.94. The van der Waals surface area contributed by atoms with Gasteiger partial charge in [-0.3, -0.25) is 4.79 Å². The Morgan fingerprint density at radius 3 is 2.94 bits per heavy atom.